The summed E-state index contributed by atoms with van der Waals surface area (Å²) < 4.78 is 0. The molecule has 8 heteroatoms. The summed E-state index contributed by atoms with van der Waals surface area (Å²) in [7, 11) is -3.64. The molecule has 0 unspecified atom stereocenters. The first-order valence-electron chi connectivity index (χ1n) is 16.7. The minimum absolute atomic E-state index is 0.551. The van der Waals surface area contributed by atoms with E-state index in [1.54, 1.807) is 48.5 Å². The zero-order valence-corrected chi connectivity index (χ0v) is 33.7. The van der Waals surface area contributed by atoms with E-state index in [9.17, 15) is 10.2 Å². The maximum atomic E-state index is 10.4. The number of rotatable bonds is 10. The van der Waals surface area contributed by atoms with Gasteiger partial charge in [-0.25, -0.2) is 0 Å². The van der Waals surface area contributed by atoms with Crippen LogP contribution in [0.1, 0.15) is 106 Å². The van der Waals surface area contributed by atoms with Crippen molar-refractivity contribution >= 4 is 39.3 Å². The number of nitrogens with two attached hydrogens (primary N) is 2. The average Bonchev–Trinajstić information content (AvgIpc) is 2.96. The first-order chi connectivity index (χ1) is 21.2. The molecule has 4 nitrogen and oxygen atoms in total. The van der Waals surface area contributed by atoms with Crippen molar-refractivity contribution in [2.45, 2.75) is 141 Å². The van der Waals surface area contributed by atoms with E-state index >= 15 is 0 Å². The number of halogens is 2. The Balaban J connectivity index is 0.000000460. The summed E-state index contributed by atoms with van der Waals surface area (Å²) >= 11 is 11.8. The highest BCUT2D eigenvalue weighted by molar-refractivity contribution is 6.91. The lowest BCUT2D eigenvalue weighted by atomic mass is 10.0. The van der Waals surface area contributed by atoms with Crippen molar-refractivity contribution in [2.75, 3.05) is 0 Å². The van der Waals surface area contributed by atoms with Gasteiger partial charge in [0.15, 0.2) is 0 Å². The monoisotopic (exact) mass is 702 g/mol. The third-order valence-corrected chi connectivity index (χ3v) is 22.9. The molecule has 0 aromatic heterocycles. The highest BCUT2D eigenvalue weighted by atomic mass is 35.5. The average molecular weight is 704 g/mol. The number of hydrogen-bond donors (Lipinski definition) is 4. The molecule has 2 aromatic rings. The first kappa shape index (κ1) is 42.4. The third-order valence-electron chi connectivity index (χ3n) is 9.75. The van der Waals surface area contributed by atoms with Crippen molar-refractivity contribution in [3.05, 3.63) is 69.7 Å². The lowest BCUT2D eigenvalue weighted by Crippen LogP contribution is -2.44. The van der Waals surface area contributed by atoms with Crippen LogP contribution in [0.3, 0.4) is 0 Å². The van der Waals surface area contributed by atoms with Crippen LogP contribution in [0.25, 0.3) is 0 Å². The van der Waals surface area contributed by atoms with Crippen LogP contribution >= 0.6 is 23.2 Å². The summed E-state index contributed by atoms with van der Waals surface area (Å²) in [6.45, 7) is 27.2. The van der Waals surface area contributed by atoms with E-state index in [0.29, 0.717) is 43.3 Å². The Bertz CT molecular complexity index is 1170. The van der Waals surface area contributed by atoms with Crippen LogP contribution in [0.4, 0.5) is 0 Å². The van der Waals surface area contributed by atoms with Crippen LogP contribution in [-0.4, -0.2) is 38.4 Å². The van der Waals surface area contributed by atoms with Crippen LogP contribution in [-0.2, 0) is 0 Å². The first-order valence-corrected chi connectivity index (χ1v) is 21.9. The highest BCUT2D eigenvalue weighted by Gasteiger charge is 2.42. The van der Waals surface area contributed by atoms with Crippen molar-refractivity contribution in [3.8, 4) is 22.9 Å². The molecule has 0 aliphatic carbocycles. The number of hydrogen-bond acceptors (Lipinski definition) is 4. The normalized spacial score (nSPS) is 14.8. The molecule has 0 aliphatic rings. The van der Waals surface area contributed by atoms with Crippen LogP contribution in [0, 0.1) is 22.9 Å². The molecule has 0 radical (unpaired) electrons. The highest BCUT2D eigenvalue weighted by Crippen LogP contribution is 2.42. The van der Waals surface area contributed by atoms with Crippen LogP contribution in [0.15, 0.2) is 48.5 Å². The molecule has 0 amide bonds. The molecule has 0 bridgehead atoms. The Morgan fingerprint density at radius 1 is 0.478 bits per heavy atom. The molecule has 6 N–H and O–H groups in total. The number of aliphatic hydroxyl groups excluding tert-OH is 2. The van der Waals surface area contributed by atoms with Gasteiger partial charge in [-0.05, 0) is 68.6 Å². The molecule has 256 valence electrons. The summed E-state index contributed by atoms with van der Waals surface area (Å²) in [5, 5.41) is 22.2. The molecule has 4 atom stereocenters. The molecule has 2 aromatic carbocycles. The fraction of sp³-hybridized carbons (Fsp3) is 0.579. The van der Waals surface area contributed by atoms with E-state index in [4.69, 9.17) is 34.7 Å². The SMILES string of the molecule is CC(C)[Si](C#C[C@@H](N)[C@@H](O)c1ccc(Cl)cc1)(C(C)C)C(C)C.CC(C)[Si](C#C[C@H](N)[C@H](O)c1ccc(Cl)cc1)(C(C)C)C(C)C. The quantitative estimate of drug-likeness (QED) is 0.146. The molecule has 0 aliphatic heterocycles. The van der Waals surface area contributed by atoms with Crippen molar-refractivity contribution in [2.24, 2.45) is 11.5 Å². The van der Waals surface area contributed by atoms with Gasteiger partial charge in [-0.15, -0.1) is 11.1 Å². The molecule has 0 saturated carbocycles. The predicted molar refractivity (Wildman–Crippen MR) is 206 cm³/mol. The fourth-order valence-electron chi connectivity index (χ4n) is 7.18. The summed E-state index contributed by atoms with van der Waals surface area (Å²) in [4.78, 5) is 0. The van der Waals surface area contributed by atoms with Gasteiger partial charge in [0.1, 0.15) is 28.4 Å². The maximum Gasteiger partial charge on any atom is 0.146 e. The molecule has 46 heavy (non-hydrogen) atoms. The van der Waals surface area contributed by atoms with E-state index in [1.165, 1.54) is 0 Å². The maximum absolute atomic E-state index is 10.4. The van der Waals surface area contributed by atoms with E-state index in [1.807, 2.05) is 0 Å². The second-order valence-corrected chi connectivity index (χ2v) is 26.4. The van der Waals surface area contributed by atoms with Crippen molar-refractivity contribution < 1.29 is 10.2 Å². The van der Waals surface area contributed by atoms with Gasteiger partial charge in [-0.2, -0.15) is 0 Å². The molecule has 0 saturated heterocycles. The second kappa shape index (κ2) is 18.8. The summed E-state index contributed by atoms with van der Waals surface area (Å²) in [6, 6.07) is 13.1. The van der Waals surface area contributed by atoms with Gasteiger partial charge in [-0.3, -0.25) is 0 Å². The summed E-state index contributed by atoms with van der Waals surface area (Å²) in [5.41, 5.74) is 24.3. The van der Waals surface area contributed by atoms with E-state index in [0.717, 1.165) is 11.1 Å². The Morgan fingerprint density at radius 2 is 0.696 bits per heavy atom. The molecular weight excluding hydrogens is 644 g/mol. The van der Waals surface area contributed by atoms with Gasteiger partial charge in [-0.1, -0.05) is 142 Å². The van der Waals surface area contributed by atoms with Gasteiger partial charge >= 0.3 is 0 Å². The molecule has 0 fully saturated rings. The van der Waals surface area contributed by atoms with Gasteiger partial charge < -0.3 is 21.7 Å². The van der Waals surface area contributed by atoms with E-state index < -0.39 is 40.4 Å². The lowest BCUT2D eigenvalue weighted by Gasteiger charge is -2.38. The zero-order valence-electron chi connectivity index (χ0n) is 30.2. The van der Waals surface area contributed by atoms with Gasteiger partial charge in [0.05, 0.1) is 12.1 Å². The fourth-order valence-corrected chi connectivity index (χ4v) is 18.0. The van der Waals surface area contributed by atoms with Crippen molar-refractivity contribution in [3.63, 3.8) is 0 Å². The topological polar surface area (TPSA) is 92.5 Å². The minimum atomic E-state index is -1.82. The Morgan fingerprint density at radius 3 is 0.891 bits per heavy atom. The van der Waals surface area contributed by atoms with E-state index in [-0.39, 0.29) is 0 Å². The second-order valence-electron chi connectivity index (χ2n) is 14.4. The van der Waals surface area contributed by atoms with Gasteiger partial charge in [0.25, 0.3) is 0 Å². The third kappa shape index (κ3) is 10.7. The van der Waals surface area contributed by atoms with Crippen LogP contribution in [0.2, 0.25) is 43.3 Å². The Hall–Kier alpha value is -1.59. The molecule has 2 rings (SSSR count). The number of benzene rings is 2. The smallest absolute Gasteiger partial charge is 0.146 e. The Labute approximate surface area is 293 Å². The van der Waals surface area contributed by atoms with Gasteiger partial charge in [0.2, 0.25) is 0 Å². The molecule has 0 spiro atoms. The van der Waals surface area contributed by atoms with Crippen LogP contribution in [0.5, 0.6) is 0 Å². The van der Waals surface area contributed by atoms with Crippen molar-refractivity contribution in [1.82, 2.24) is 0 Å². The summed E-state index contributed by atoms with van der Waals surface area (Å²) in [6.07, 6.45) is -1.59. The lowest BCUT2D eigenvalue weighted by molar-refractivity contribution is 0.166. The molecular formula is C38H60Cl2N2O2Si2. The largest absolute Gasteiger partial charge is 0.386 e. The summed E-state index contributed by atoms with van der Waals surface area (Å²) in [5.74, 6) is 6.37. The van der Waals surface area contributed by atoms with Crippen molar-refractivity contribution in [1.29, 1.82) is 0 Å². The Kier molecular flexibility index (Phi) is 17.4. The molecule has 0 heterocycles. The number of aliphatic hydroxyl groups is 2. The zero-order chi connectivity index (χ0) is 35.6. The van der Waals surface area contributed by atoms with Gasteiger partial charge in [0, 0.05) is 10.0 Å². The minimum Gasteiger partial charge on any atom is -0.386 e. The predicted octanol–water partition coefficient (Wildman–Crippen LogP) is 9.84. The van der Waals surface area contributed by atoms with E-state index in [2.05, 4.69) is 106 Å². The standard InChI is InChI=1S/2C19H30ClNOSi/c2*1-13(2)23(14(3)4,15(5)6)12-11-18(21)19(22)16-7-9-17(20)10-8-16/h2*7-10,13-15,18-19,22H,21H2,1-6H3/t2*18-,19+/m10/s1. The van der Waals surface area contributed by atoms with Crippen LogP contribution < -0.4 is 11.5 Å².